The van der Waals surface area contributed by atoms with Gasteiger partial charge in [-0.3, -0.25) is 9.59 Å². The standard InChI is InChI=1S/C24H21NO5/c1-15-11-12-19(30-15)21-20(22(26)17-9-6-10-18(13-17)29-2)23(27)24(28)25(21)14-16-7-4-3-5-8-16/h3-13,21,26H,14H2,1-2H3. The molecular weight excluding hydrogens is 382 g/mol. The number of ether oxygens (including phenoxy) is 1. The molecule has 2 heterocycles. The van der Waals surface area contributed by atoms with E-state index >= 15 is 0 Å². The summed E-state index contributed by atoms with van der Waals surface area (Å²) in [4.78, 5) is 27.4. The first-order valence-corrected chi connectivity index (χ1v) is 9.52. The first kappa shape index (κ1) is 19.5. The van der Waals surface area contributed by atoms with Crippen LogP contribution in [0.15, 0.2) is 76.7 Å². The summed E-state index contributed by atoms with van der Waals surface area (Å²) in [6, 6.07) is 18.8. The smallest absolute Gasteiger partial charge is 0.296 e. The van der Waals surface area contributed by atoms with Gasteiger partial charge in [0.25, 0.3) is 11.7 Å². The number of aliphatic hydroxyl groups is 1. The molecule has 4 rings (SSSR count). The number of rotatable bonds is 5. The fraction of sp³-hybridized carbons (Fsp3) is 0.167. The normalized spacial score (nSPS) is 18.1. The molecule has 1 saturated heterocycles. The average Bonchev–Trinajstić information content (AvgIpc) is 3.30. The Hall–Kier alpha value is -3.80. The van der Waals surface area contributed by atoms with Crippen LogP contribution in [0.1, 0.15) is 28.7 Å². The molecule has 0 aliphatic carbocycles. The zero-order valence-electron chi connectivity index (χ0n) is 16.7. The molecule has 1 fully saturated rings. The molecule has 2 aromatic carbocycles. The van der Waals surface area contributed by atoms with Crippen LogP contribution in [0.2, 0.25) is 0 Å². The summed E-state index contributed by atoms with van der Waals surface area (Å²) in [5.41, 5.74) is 1.26. The molecule has 30 heavy (non-hydrogen) atoms. The van der Waals surface area contributed by atoms with E-state index in [1.165, 1.54) is 12.0 Å². The lowest BCUT2D eigenvalue weighted by Gasteiger charge is -2.23. The van der Waals surface area contributed by atoms with Crippen LogP contribution in [0.4, 0.5) is 0 Å². The van der Waals surface area contributed by atoms with E-state index in [4.69, 9.17) is 9.15 Å². The monoisotopic (exact) mass is 403 g/mol. The van der Waals surface area contributed by atoms with E-state index in [0.29, 0.717) is 22.8 Å². The largest absolute Gasteiger partial charge is 0.507 e. The number of carbonyl (C=O) groups is 2. The van der Waals surface area contributed by atoms with Gasteiger partial charge in [-0.25, -0.2) is 0 Å². The Balaban J connectivity index is 1.85. The van der Waals surface area contributed by atoms with Gasteiger partial charge < -0.3 is 19.2 Å². The molecule has 6 nitrogen and oxygen atoms in total. The Kier molecular flexibility index (Phi) is 5.14. The summed E-state index contributed by atoms with van der Waals surface area (Å²) in [6.45, 7) is 2.00. The number of methoxy groups -OCH3 is 1. The van der Waals surface area contributed by atoms with Gasteiger partial charge in [0.2, 0.25) is 0 Å². The van der Waals surface area contributed by atoms with E-state index in [2.05, 4.69) is 0 Å². The number of nitrogens with zero attached hydrogens (tertiary/aromatic N) is 1. The van der Waals surface area contributed by atoms with Crippen molar-refractivity contribution in [3.63, 3.8) is 0 Å². The van der Waals surface area contributed by atoms with Gasteiger partial charge in [-0.05, 0) is 36.8 Å². The summed E-state index contributed by atoms with van der Waals surface area (Å²) in [7, 11) is 1.52. The van der Waals surface area contributed by atoms with Crippen molar-refractivity contribution in [3.05, 3.63) is 95.0 Å². The number of benzene rings is 2. The number of hydrogen-bond donors (Lipinski definition) is 1. The number of Topliss-reactive ketones (excluding diaryl/α,β-unsaturated/α-hetero) is 1. The van der Waals surface area contributed by atoms with E-state index in [9.17, 15) is 14.7 Å². The number of hydrogen-bond acceptors (Lipinski definition) is 5. The van der Waals surface area contributed by atoms with Gasteiger partial charge in [-0.15, -0.1) is 0 Å². The molecule has 1 aliphatic heterocycles. The Morgan fingerprint density at radius 1 is 1.07 bits per heavy atom. The molecule has 152 valence electrons. The molecule has 1 aromatic heterocycles. The van der Waals surface area contributed by atoms with E-state index in [0.717, 1.165) is 5.56 Å². The summed E-state index contributed by atoms with van der Waals surface area (Å²) < 4.78 is 11.0. The Morgan fingerprint density at radius 3 is 2.50 bits per heavy atom. The third-order valence-electron chi connectivity index (χ3n) is 5.11. The van der Waals surface area contributed by atoms with Crippen LogP contribution in [0, 0.1) is 6.92 Å². The van der Waals surface area contributed by atoms with Gasteiger partial charge in [-0.1, -0.05) is 42.5 Å². The van der Waals surface area contributed by atoms with E-state index in [1.807, 2.05) is 30.3 Å². The maximum atomic E-state index is 13.0. The van der Waals surface area contributed by atoms with Crippen LogP contribution < -0.4 is 4.74 Å². The van der Waals surface area contributed by atoms with Crippen molar-refractivity contribution < 1.29 is 23.8 Å². The van der Waals surface area contributed by atoms with Crippen LogP contribution in [-0.2, 0) is 16.1 Å². The molecule has 1 N–H and O–H groups in total. The Bertz CT molecular complexity index is 1130. The minimum Gasteiger partial charge on any atom is -0.507 e. The lowest BCUT2D eigenvalue weighted by Crippen LogP contribution is -2.29. The van der Waals surface area contributed by atoms with Crippen molar-refractivity contribution >= 4 is 17.4 Å². The molecule has 1 amide bonds. The Morgan fingerprint density at radius 2 is 1.83 bits per heavy atom. The fourth-order valence-corrected chi connectivity index (χ4v) is 3.65. The van der Waals surface area contributed by atoms with Crippen molar-refractivity contribution in [2.24, 2.45) is 0 Å². The Labute approximate surface area is 174 Å². The minimum atomic E-state index is -0.829. The number of likely N-dealkylation sites (tertiary alicyclic amines) is 1. The van der Waals surface area contributed by atoms with Crippen molar-refractivity contribution in [2.45, 2.75) is 19.5 Å². The second kappa shape index (κ2) is 7.91. The van der Waals surface area contributed by atoms with Crippen LogP contribution >= 0.6 is 0 Å². The predicted octanol–water partition coefficient (Wildman–Crippen LogP) is 4.22. The zero-order chi connectivity index (χ0) is 21.3. The second-order valence-electron chi connectivity index (χ2n) is 7.09. The molecular formula is C24H21NO5. The third-order valence-corrected chi connectivity index (χ3v) is 5.11. The molecule has 0 spiro atoms. The lowest BCUT2D eigenvalue weighted by molar-refractivity contribution is -0.140. The summed E-state index contributed by atoms with van der Waals surface area (Å²) in [5.74, 6) is -0.0822. The first-order valence-electron chi connectivity index (χ1n) is 9.52. The maximum absolute atomic E-state index is 13.0. The number of amides is 1. The van der Waals surface area contributed by atoms with E-state index in [1.54, 1.807) is 43.3 Å². The highest BCUT2D eigenvalue weighted by atomic mass is 16.5. The number of aliphatic hydroxyl groups excluding tert-OH is 1. The van der Waals surface area contributed by atoms with Gasteiger partial charge in [-0.2, -0.15) is 0 Å². The van der Waals surface area contributed by atoms with Gasteiger partial charge in [0.15, 0.2) is 0 Å². The van der Waals surface area contributed by atoms with E-state index < -0.39 is 17.7 Å². The van der Waals surface area contributed by atoms with Crippen molar-refractivity contribution in [1.82, 2.24) is 4.90 Å². The molecule has 0 bridgehead atoms. The highest BCUT2D eigenvalue weighted by Gasteiger charge is 2.47. The van der Waals surface area contributed by atoms with Gasteiger partial charge in [0.05, 0.1) is 12.7 Å². The van der Waals surface area contributed by atoms with Gasteiger partial charge in [0.1, 0.15) is 29.1 Å². The third kappa shape index (κ3) is 3.48. The quantitative estimate of drug-likeness (QED) is 0.392. The molecule has 1 unspecified atom stereocenters. The van der Waals surface area contributed by atoms with Gasteiger partial charge >= 0.3 is 0 Å². The highest BCUT2D eigenvalue weighted by molar-refractivity contribution is 6.46. The number of aryl methyl sites for hydroxylation is 1. The molecule has 1 aliphatic rings. The number of furan rings is 1. The topological polar surface area (TPSA) is 80.0 Å². The summed E-state index contributed by atoms with van der Waals surface area (Å²) in [5, 5.41) is 11.0. The molecule has 1 atom stereocenters. The van der Waals surface area contributed by atoms with Crippen LogP contribution in [-0.4, -0.2) is 28.8 Å². The number of ketones is 1. The van der Waals surface area contributed by atoms with Crippen LogP contribution in [0.25, 0.3) is 5.76 Å². The van der Waals surface area contributed by atoms with Gasteiger partial charge in [0, 0.05) is 12.1 Å². The average molecular weight is 403 g/mol. The first-order chi connectivity index (χ1) is 14.5. The van der Waals surface area contributed by atoms with Crippen LogP contribution in [0.5, 0.6) is 5.75 Å². The van der Waals surface area contributed by atoms with Crippen molar-refractivity contribution in [1.29, 1.82) is 0 Å². The molecule has 6 heteroatoms. The van der Waals surface area contributed by atoms with Crippen molar-refractivity contribution in [3.8, 4) is 5.75 Å². The predicted molar refractivity (Wildman–Crippen MR) is 111 cm³/mol. The van der Waals surface area contributed by atoms with E-state index in [-0.39, 0.29) is 17.9 Å². The molecule has 0 saturated carbocycles. The molecule has 3 aromatic rings. The SMILES string of the molecule is COc1cccc(C(O)=C2C(=O)C(=O)N(Cc3ccccc3)C2c2ccc(C)o2)c1. The van der Waals surface area contributed by atoms with Crippen LogP contribution in [0.3, 0.4) is 0 Å². The molecule has 0 radical (unpaired) electrons. The van der Waals surface area contributed by atoms with Crippen molar-refractivity contribution in [2.75, 3.05) is 7.11 Å². The number of carbonyl (C=O) groups excluding carboxylic acids is 2. The zero-order valence-corrected chi connectivity index (χ0v) is 16.7. The summed E-state index contributed by atoms with van der Waals surface area (Å²) in [6.07, 6.45) is 0. The lowest BCUT2D eigenvalue weighted by atomic mass is 9.99. The highest BCUT2D eigenvalue weighted by Crippen LogP contribution is 2.41. The minimum absolute atomic E-state index is 0.00136. The fourth-order valence-electron chi connectivity index (χ4n) is 3.65. The maximum Gasteiger partial charge on any atom is 0.296 e. The summed E-state index contributed by atoms with van der Waals surface area (Å²) >= 11 is 0. The second-order valence-corrected chi connectivity index (χ2v) is 7.09.